The van der Waals surface area contributed by atoms with Gasteiger partial charge in [-0.05, 0) is 30.5 Å². The molecule has 0 aliphatic rings. The van der Waals surface area contributed by atoms with Gasteiger partial charge in [-0.1, -0.05) is 20.3 Å². The van der Waals surface area contributed by atoms with Crippen LogP contribution >= 0.6 is 0 Å². The van der Waals surface area contributed by atoms with Gasteiger partial charge in [0.15, 0.2) is 11.6 Å². The Kier molecular flexibility index (Phi) is 4.94. The Balaban J connectivity index is 2.63. The molecule has 1 N–H and O–H groups in total. The number of hydrogen-bond acceptors (Lipinski definition) is 2. The van der Waals surface area contributed by atoms with E-state index in [1.54, 1.807) is 0 Å². The highest BCUT2D eigenvalue weighted by atomic mass is 19.1. The third-order valence-corrected chi connectivity index (χ3v) is 2.48. The molecule has 0 saturated heterocycles. The topological polar surface area (TPSA) is 46.5 Å². The van der Waals surface area contributed by atoms with Gasteiger partial charge < -0.3 is 9.84 Å². The van der Waals surface area contributed by atoms with Crippen LogP contribution in [0.15, 0.2) is 18.2 Å². The quantitative estimate of drug-likeness (QED) is 0.829. The molecule has 0 heterocycles. The summed E-state index contributed by atoms with van der Waals surface area (Å²) in [7, 11) is 0. The normalized spacial score (nSPS) is 12.2. The molecule has 0 aromatic heterocycles. The van der Waals surface area contributed by atoms with E-state index >= 15 is 0 Å². The highest BCUT2D eigenvalue weighted by Crippen LogP contribution is 2.19. The predicted molar refractivity (Wildman–Crippen MR) is 62.9 cm³/mol. The minimum Gasteiger partial charge on any atom is -0.490 e. The SMILES string of the molecule is CCCC(C)COc1ccc(C(=O)O)cc1F. The number of benzene rings is 1. The fraction of sp³-hybridized carbons (Fsp3) is 0.462. The summed E-state index contributed by atoms with van der Waals surface area (Å²) in [4.78, 5) is 10.6. The summed E-state index contributed by atoms with van der Waals surface area (Å²) in [6.45, 7) is 4.56. The van der Waals surface area contributed by atoms with Gasteiger partial charge in [0.2, 0.25) is 0 Å². The number of carbonyl (C=O) groups is 1. The monoisotopic (exact) mass is 240 g/mol. The number of carboxylic acid groups (broad SMARTS) is 1. The van der Waals surface area contributed by atoms with Crippen molar-refractivity contribution in [2.75, 3.05) is 6.61 Å². The van der Waals surface area contributed by atoms with E-state index in [-0.39, 0.29) is 11.3 Å². The van der Waals surface area contributed by atoms with Gasteiger partial charge in [0.25, 0.3) is 0 Å². The Labute approximate surface area is 100 Å². The molecule has 0 amide bonds. The van der Waals surface area contributed by atoms with Crippen molar-refractivity contribution in [1.29, 1.82) is 0 Å². The summed E-state index contributed by atoms with van der Waals surface area (Å²) in [5, 5.41) is 8.68. The van der Waals surface area contributed by atoms with E-state index < -0.39 is 11.8 Å². The Bertz CT molecular complexity index is 390. The molecule has 0 aliphatic carbocycles. The third-order valence-electron chi connectivity index (χ3n) is 2.48. The molecule has 3 nitrogen and oxygen atoms in total. The van der Waals surface area contributed by atoms with Crippen LogP contribution in [0.1, 0.15) is 37.0 Å². The zero-order valence-electron chi connectivity index (χ0n) is 10.1. The number of ether oxygens (including phenoxy) is 1. The minimum absolute atomic E-state index is 0.0727. The number of aromatic carboxylic acids is 1. The van der Waals surface area contributed by atoms with E-state index in [4.69, 9.17) is 9.84 Å². The molecular weight excluding hydrogens is 223 g/mol. The summed E-state index contributed by atoms with van der Waals surface area (Å²) in [5.41, 5.74) is -0.0727. The van der Waals surface area contributed by atoms with Crippen LogP contribution in [0, 0.1) is 11.7 Å². The lowest BCUT2D eigenvalue weighted by atomic mass is 10.1. The Hall–Kier alpha value is -1.58. The molecule has 1 rings (SSSR count). The van der Waals surface area contributed by atoms with Crippen molar-refractivity contribution in [3.8, 4) is 5.75 Å². The number of hydrogen-bond donors (Lipinski definition) is 1. The van der Waals surface area contributed by atoms with Crippen LogP contribution in [0.25, 0.3) is 0 Å². The maximum atomic E-state index is 13.5. The van der Waals surface area contributed by atoms with Crippen molar-refractivity contribution in [3.63, 3.8) is 0 Å². The van der Waals surface area contributed by atoms with Gasteiger partial charge in [-0.15, -0.1) is 0 Å². The van der Waals surface area contributed by atoms with Crippen molar-refractivity contribution in [2.24, 2.45) is 5.92 Å². The van der Waals surface area contributed by atoms with E-state index in [0.29, 0.717) is 12.5 Å². The second-order valence-corrected chi connectivity index (χ2v) is 4.16. The molecule has 1 atom stereocenters. The zero-order valence-corrected chi connectivity index (χ0v) is 10.1. The first kappa shape index (κ1) is 13.5. The molecule has 4 heteroatoms. The van der Waals surface area contributed by atoms with Crippen molar-refractivity contribution in [2.45, 2.75) is 26.7 Å². The third kappa shape index (κ3) is 4.06. The summed E-state index contributed by atoms with van der Waals surface area (Å²) in [6.07, 6.45) is 2.08. The largest absolute Gasteiger partial charge is 0.490 e. The van der Waals surface area contributed by atoms with Crippen LogP contribution in [0.2, 0.25) is 0 Å². The number of carboxylic acids is 1. The minimum atomic E-state index is -1.14. The van der Waals surface area contributed by atoms with Crippen molar-refractivity contribution in [3.05, 3.63) is 29.6 Å². The molecule has 94 valence electrons. The molecule has 0 aliphatic heterocycles. The van der Waals surface area contributed by atoms with Gasteiger partial charge in [0.1, 0.15) is 0 Å². The molecule has 17 heavy (non-hydrogen) atoms. The summed E-state index contributed by atoms with van der Waals surface area (Å²) < 4.78 is 18.8. The number of halogens is 1. The Morgan fingerprint density at radius 2 is 2.24 bits per heavy atom. The number of rotatable bonds is 6. The standard InChI is InChI=1S/C13H17FO3/c1-3-4-9(2)8-17-12-6-5-10(13(15)16)7-11(12)14/h5-7,9H,3-4,8H2,1-2H3,(H,15,16). The van der Waals surface area contributed by atoms with Gasteiger partial charge in [0.05, 0.1) is 12.2 Å². The van der Waals surface area contributed by atoms with E-state index in [2.05, 4.69) is 6.92 Å². The fourth-order valence-electron chi connectivity index (χ4n) is 1.56. The molecule has 1 aromatic rings. The lowest BCUT2D eigenvalue weighted by Gasteiger charge is -2.12. The predicted octanol–water partition coefficient (Wildman–Crippen LogP) is 3.34. The maximum absolute atomic E-state index is 13.5. The molecule has 1 unspecified atom stereocenters. The Morgan fingerprint density at radius 3 is 2.76 bits per heavy atom. The molecule has 0 saturated carbocycles. The highest BCUT2D eigenvalue weighted by Gasteiger charge is 2.10. The first-order chi connectivity index (χ1) is 8.04. The van der Waals surface area contributed by atoms with Gasteiger partial charge in [-0.25, -0.2) is 9.18 Å². The Morgan fingerprint density at radius 1 is 1.53 bits per heavy atom. The van der Waals surface area contributed by atoms with Crippen molar-refractivity contribution in [1.82, 2.24) is 0 Å². The summed E-state index contributed by atoms with van der Waals surface area (Å²) in [5.74, 6) is -1.31. The van der Waals surface area contributed by atoms with Crippen LogP contribution in [-0.4, -0.2) is 17.7 Å². The van der Waals surface area contributed by atoms with Crippen LogP contribution in [0.4, 0.5) is 4.39 Å². The fourth-order valence-corrected chi connectivity index (χ4v) is 1.56. The second-order valence-electron chi connectivity index (χ2n) is 4.16. The zero-order chi connectivity index (χ0) is 12.8. The molecule has 0 fully saturated rings. The summed E-state index contributed by atoms with van der Waals surface area (Å²) >= 11 is 0. The van der Waals surface area contributed by atoms with Crippen LogP contribution in [0.3, 0.4) is 0 Å². The average Bonchev–Trinajstić information content (AvgIpc) is 2.27. The van der Waals surface area contributed by atoms with E-state index in [1.807, 2.05) is 6.92 Å². The first-order valence-corrected chi connectivity index (χ1v) is 5.70. The molecular formula is C13H17FO3. The smallest absolute Gasteiger partial charge is 0.335 e. The van der Waals surface area contributed by atoms with E-state index in [1.165, 1.54) is 12.1 Å². The van der Waals surface area contributed by atoms with E-state index in [9.17, 15) is 9.18 Å². The molecule has 0 radical (unpaired) electrons. The lowest BCUT2D eigenvalue weighted by molar-refractivity contribution is 0.0696. The summed E-state index contributed by atoms with van der Waals surface area (Å²) in [6, 6.07) is 3.67. The first-order valence-electron chi connectivity index (χ1n) is 5.70. The van der Waals surface area contributed by atoms with Crippen LogP contribution in [-0.2, 0) is 0 Å². The highest BCUT2D eigenvalue weighted by molar-refractivity contribution is 5.87. The average molecular weight is 240 g/mol. The van der Waals surface area contributed by atoms with Gasteiger partial charge in [-0.3, -0.25) is 0 Å². The van der Waals surface area contributed by atoms with Gasteiger partial charge in [-0.2, -0.15) is 0 Å². The van der Waals surface area contributed by atoms with Crippen molar-refractivity contribution >= 4 is 5.97 Å². The lowest BCUT2D eigenvalue weighted by Crippen LogP contribution is -2.09. The van der Waals surface area contributed by atoms with Gasteiger partial charge in [0, 0.05) is 0 Å². The van der Waals surface area contributed by atoms with Crippen molar-refractivity contribution < 1.29 is 19.0 Å². The molecule has 1 aromatic carbocycles. The molecule has 0 spiro atoms. The maximum Gasteiger partial charge on any atom is 0.335 e. The second kappa shape index (κ2) is 6.23. The van der Waals surface area contributed by atoms with Gasteiger partial charge >= 0.3 is 5.97 Å². The van der Waals surface area contributed by atoms with Crippen LogP contribution in [0.5, 0.6) is 5.75 Å². The van der Waals surface area contributed by atoms with E-state index in [0.717, 1.165) is 18.9 Å². The molecule has 0 bridgehead atoms. The van der Waals surface area contributed by atoms with Crippen LogP contribution < -0.4 is 4.74 Å².